The largest absolute Gasteiger partial charge is 0.0836 e. The number of hydrogen-bond acceptors (Lipinski definition) is 0. The molecule has 0 heterocycles. The molecular weight excluding hydrogens is 191 g/mol. The van der Waals surface area contributed by atoms with Crippen LogP contribution in [-0.2, 0) is 0 Å². The van der Waals surface area contributed by atoms with Gasteiger partial charge in [0.2, 0.25) is 0 Å². The van der Waals surface area contributed by atoms with Crippen LogP contribution in [0.15, 0.2) is 24.3 Å². The van der Waals surface area contributed by atoms with Crippen LogP contribution < -0.4 is 0 Å². The fraction of sp³-hybridized carbons (Fsp3) is 0. The first-order valence-corrected chi connectivity index (χ1v) is 4.19. The van der Waals surface area contributed by atoms with Crippen LogP contribution in [0.4, 0.5) is 0 Å². The Morgan fingerprint density at radius 3 is 1.67 bits per heavy atom. The van der Waals surface area contributed by atoms with E-state index in [9.17, 15) is 0 Å². The first kappa shape index (κ1) is 7.90. The summed E-state index contributed by atoms with van der Waals surface area (Å²) in [6, 6.07) is 13.1. The van der Waals surface area contributed by atoms with Gasteiger partial charge >= 0.3 is 0 Å². The molecule has 0 saturated heterocycles. The minimum Gasteiger partial charge on any atom is -0.0836 e. The van der Waals surface area contributed by atoms with Crippen molar-refractivity contribution in [1.82, 2.24) is 0 Å². The Bertz CT molecular complexity index is 380. The van der Waals surface area contributed by atoms with Crippen LogP contribution in [-0.4, -0.2) is 0 Å². The lowest BCUT2D eigenvalue weighted by Crippen LogP contribution is -1.72. The summed E-state index contributed by atoms with van der Waals surface area (Å²) < 4.78 is 0. The smallest absolute Gasteiger partial charge is 0.0491 e. The van der Waals surface area contributed by atoms with Crippen LogP contribution in [0.2, 0.25) is 10.0 Å². The van der Waals surface area contributed by atoms with Crippen molar-refractivity contribution in [2.45, 2.75) is 0 Å². The maximum absolute atomic E-state index is 5.76. The summed E-state index contributed by atoms with van der Waals surface area (Å²) in [6.45, 7) is 0. The summed E-state index contributed by atoms with van der Waals surface area (Å²) >= 11 is 11.5. The molecule has 0 bridgehead atoms. The summed E-state index contributed by atoms with van der Waals surface area (Å²) in [7, 11) is 0. The normalized spacial score (nSPS) is 10.5. The van der Waals surface area contributed by atoms with Crippen LogP contribution >= 0.6 is 23.2 Å². The van der Waals surface area contributed by atoms with E-state index in [0.29, 0.717) is 10.0 Å². The van der Waals surface area contributed by atoms with E-state index in [1.165, 1.54) is 0 Å². The maximum Gasteiger partial charge on any atom is 0.0491 e. The second-order valence-corrected chi connectivity index (χ2v) is 3.29. The van der Waals surface area contributed by atoms with Crippen molar-refractivity contribution in [2.75, 3.05) is 0 Å². The summed E-state index contributed by atoms with van der Waals surface area (Å²) in [5.74, 6) is 0. The average molecular weight is 195 g/mol. The van der Waals surface area contributed by atoms with Gasteiger partial charge in [-0.15, -0.1) is 0 Å². The van der Waals surface area contributed by atoms with Gasteiger partial charge in [-0.1, -0.05) is 23.2 Å². The van der Waals surface area contributed by atoms with E-state index in [0.717, 1.165) is 10.8 Å². The van der Waals surface area contributed by atoms with E-state index < -0.39 is 0 Å². The Morgan fingerprint density at radius 1 is 0.833 bits per heavy atom. The Morgan fingerprint density at radius 2 is 1.25 bits per heavy atom. The molecule has 2 aromatic rings. The van der Waals surface area contributed by atoms with Crippen molar-refractivity contribution in [2.24, 2.45) is 0 Å². The molecule has 0 amide bonds. The van der Waals surface area contributed by atoms with E-state index >= 15 is 0 Å². The minimum absolute atomic E-state index is 0.609. The zero-order valence-electron chi connectivity index (χ0n) is 6.07. The van der Waals surface area contributed by atoms with Crippen LogP contribution in [0.5, 0.6) is 0 Å². The molecule has 0 unspecified atom stereocenters. The predicted octanol–water partition coefficient (Wildman–Crippen LogP) is 3.75. The molecule has 0 spiro atoms. The van der Waals surface area contributed by atoms with Gasteiger partial charge in [-0.25, -0.2) is 0 Å². The SMILES string of the molecule is Clc1[c]cc2cc(Cl)[c]cc2c1. The molecule has 12 heavy (non-hydrogen) atoms. The Kier molecular flexibility index (Phi) is 1.95. The van der Waals surface area contributed by atoms with Crippen LogP contribution in [0, 0.1) is 12.1 Å². The molecule has 0 fully saturated rings. The second kappa shape index (κ2) is 2.96. The van der Waals surface area contributed by atoms with Gasteiger partial charge < -0.3 is 0 Å². The molecule has 0 nitrogen and oxygen atoms in total. The van der Waals surface area contributed by atoms with Crippen molar-refractivity contribution >= 4 is 34.0 Å². The van der Waals surface area contributed by atoms with E-state index in [4.69, 9.17) is 23.2 Å². The zero-order chi connectivity index (χ0) is 8.55. The fourth-order valence-electron chi connectivity index (χ4n) is 1.07. The molecule has 2 aromatic carbocycles. The summed E-state index contributed by atoms with van der Waals surface area (Å²) in [5.41, 5.74) is 0. The molecule has 0 saturated carbocycles. The van der Waals surface area contributed by atoms with E-state index in [1.807, 2.05) is 24.3 Å². The number of fused-ring (bicyclic) bond motifs is 1. The third kappa shape index (κ3) is 1.40. The molecule has 58 valence electrons. The van der Waals surface area contributed by atoms with Gasteiger partial charge in [-0.3, -0.25) is 0 Å². The lowest BCUT2D eigenvalue weighted by atomic mass is 10.1. The van der Waals surface area contributed by atoms with E-state index in [1.54, 1.807) is 0 Å². The maximum atomic E-state index is 5.76. The summed E-state index contributed by atoms with van der Waals surface area (Å²) in [4.78, 5) is 0. The molecule has 0 aliphatic carbocycles. The van der Waals surface area contributed by atoms with Gasteiger partial charge in [0.25, 0.3) is 0 Å². The van der Waals surface area contributed by atoms with Crippen LogP contribution in [0.3, 0.4) is 0 Å². The topological polar surface area (TPSA) is 0 Å². The van der Waals surface area contributed by atoms with Crippen molar-refractivity contribution in [3.63, 3.8) is 0 Å². The highest BCUT2D eigenvalue weighted by Crippen LogP contribution is 2.21. The molecule has 2 radical (unpaired) electrons. The monoisotopic (exact) mass is 194 g/mol. The van der Waals surface area contributed by atoms with Crippen LogP contribution in [0.25, 0.3) is 10.8 Å². The van der Waals surface area contributed by atoms with Gasteiger partial charge in [0.1, 0.15) is 0 Å². The molecule has 0 aliphatic heterocycles. The molecule has 2 heteroatoms. The third-order valence-electron chi connectivity index (χ3n) is 1.63. The summed E-state index contributed by atoms with van der Waals surface area (Å²) in [5, 5.41) is 3.28. The van der Waals surface area contributed by atoms with Gasteiger partial charge in [0.15, 0.2) is 0 Å². The molecule has 0 N–H and O–H groups in total. The van der Waals surface area contributed by atoms with E-state index in [-0.39, 0.29) is 0 Å². The second-order valence-electron chi connectivity index (χ2n) is 2.47. The van der Waals surface area contributed by atoms with E-state index in [2.05, 4.69) is 12.1 Å². The standard InChI is InChI=1S/C10H4Cl2/c11-9-3-1-7-5-10(12)4-2-8(7)6-9/h1-2,5-6H. The number of benzene rings is 2. The van der Waals surface area contributed by atoms with Gasteiger partial charge in [0, 0.05) is 22.2 Å². The molecular formula is C10H4Cl2. The number of halogens is 2. The Labute approximate surface area is 80.7 Å². The Hall–Kier alpha value is -0.720. The lowest BCUT2D eigenvalue weighted by Gasteiger charge is -1.97. The fourth-order valence-corrected chi connectivity index (χ4v) is 1.41. The van der Waals surface area contributed by atoms with Gasteiger partial charge in [-0.2, -0.15) is 0 Å². The van der Waals surface area contributed by atoms with Crippen molar-refractivity contribution in [3.8, 4) is 0 Å². The molecule has 2 rings (SSSR count). The number of rotatable bonds is 0. The minimum atomic E-state index is 0.609. The van der Waals surface area contributed by atoms with Crippen molar-refractivity contribution in [3.05, 3.63) is 46.4 Å². The quantitative estimate of drug-likeness (QED) is 0.600. The molecule has 0 atom stereocenters. The highest BCUT2D eigenvalue weighted by atomic mass is 35.5. The molecule has 0 aromatic heterocycles. The average Bonchev–Trinajstić information content (AvgIpc) is 2.05. The lowest BCUT2D eigenvalue weighted by molar-refractivity contribution is 1.72. The first-order valence-electron chi connectivity index (χ1n) is 3.44. The van der Waals surface area contributed by atoms with Gasteiger partial charge in [0.05, 0.1) is 0 Å². The zero-order valence-corrected chi connectivity index (χ0v) is 7.58. The van der Waals surface area contributed by atoms with Crippen molar-refractivity contribution < 1.29 is 0 Å². The number of hydrogen-bond donors (Lipinski definition) is 0. The van der Waals surface area contributed by atoms with Gasteiger partial charge in [-0.05, 0) is 35.0 Å². The summed E-state index contributed by atoms with van der Waals surface area (Å²) in [6.07, 6.45) is 0. The van der Waals surface area contributed by atoms with Crippen molar-refractivity contribution in [1.29, 1.82) is 0 Å². The first-order chi connectivity index (χ1) is 5.75. The highest BCUT2D eigenvalue weighted by Gasteiger charge is 1.95. The highest BCUT2D eigenvalue weighted by molar-refractivity contribution is 6.32. The molecule has 0 aliphatic rings. The predicted molar refractivity (Wildman–Crippen MR) is 51.6 cm³/mol. The Balaban J connectivity index is 2.79. The van der Waals surface area contributed by atoms with Crippen LogP contribution in [0.1, 0.15) is 0 Å². The third-order valence-corrected chi connectivity index (χ3v) is 2.07.